The van der Waals surface area contributed by atoms with Crippen LogP contribution in [0, 0.1) is 19.7 Å². The summed E-state index contributed by atoms with van der Waals surface area (Å²) in [5.74, 6) is -0.213. The number of nitrogens with zero attached hydrogens (tertiary/aromatic N) is 3. The lowest BCUT2D eigenvalue weighted by Gasteiger charge is -2.06. The lowest BCUT2D eigenvalue weighted by molar-refractivity contribution is 0.627. The molecule has 0 saturated carbocycles. The van der Waals surface area contributed by atoms with Gasteiger partial charge in [0.2, 0.25) is 0 Å². The zero-order chi connectivity index (χ0) is 13.4. The highest BCUT2D eigenvalue weighted by molar-refractivity contribution is 5.42. The first-order valence-electron chi connectivity index (χ1n) is 6.19. The molecular formula is C15H14FN3. The van der Waals surface area contributed by atoms with Crippen LogP contribution in [-0.4, -0.2) is 14.6 Å². The smallest absolute Gasteiger partial charge is 0.155 e. The van der Waals surface area contributed by atoms with Crippen molar-refractivity contribution in [3.8, 4) is 0 Å². The molecule has 0 radical (unpaired) electrons. The van der Waals surface area contributed by atoms with Crippen molar-refractivity contribution >= 4 is 5.65 Å². The van der Waals surface area contributed by atoms with Crippen LogP contribution in [0.1, 0.15) is 22.6 Å². The quantitative estimate of drug-likeness (QED) is 0.704. The summed E-state index contributed by atoms with van der Waals surface area (Å²) in [7, 11) is 0. The summed E-state index contributed by atoms with van der Waals surface area (Å²) in [4.78, 5) is 4.45. The molecular weight excluding hydrogens is 241 g/mol. The van der Waals surface area contributed by atoms with E-state index in [4.69, 9.17) is 0 Å². The first-order chi connectivity index (χ1) is 9.11. The van der Waals surface area contributed by atoms with Gasteiger partial charge in [0.05, 0.1) is 11.4 Å². The number of benzene rings is 1. The highest BCUT2D eigenvalue weighted by Gasteiger charge is 2.07. The van der Waals surface area contributed by atoms with E-state index in [2.05, 4.69) is 10.1 Å². The van der Waals surface area contributed by atoms with Gasteiger partial charge < -0.3 is 0 Å². The number of fused-ring (bicyclic) bond motifs is 1. The van der Waals surface area contributed by atoms with Crippen LogP contribution in [-0.2, 0) is 6.42 Å². The van der Waals surface area contributed by atoms with Gasteiger partial charge >= 0.3 is 0 Å². The van der Waals surface area contributed by atoms with Gasteiger partial charge in [-0.15, -0.1) is 0 Å². The Hall–Kier alpha value is -2.23. The maximum absolute atomic E-state index is 12.9. The van der Waals surface area contributed by atoms with Crippen LogP contribution in [0.2, 0.25) is 0 Å². The van der Waals surface area contributed by atoms with Crippen LogP contribution in [0.4, 0.5) is 4.39 Å². The zero-order valence-electron chi connectivity index (χ0n) is 10.9. The number of hydrogen-bond donors (Lipinski definition) is 0. The van der Waals surface area contributed by atoms with Gasteiger partial charge in [0.15, 0.2) is 5.65 Å². The molecule has 0 atom stereocenters. The topological polar surface area (TPSA) is 30.2 Å². The lowest BCUT2D eigenvalue weighted by Crippen LogP contribution is -2.03. The fraction of sp³-hybridized carbons (Fsp3) is 0.200. The van der Waals surface area contributed by atoms with Crippen molar-refractivity contribution < 1.29 is 4.39 Å². The van der Waals surface area contributed by atoms with E-state index in [1.54, 1.807) is 12.1 Å². The largest absolute Gasteiger partial charge is 0.234 e. The fourth-order valence-corrected chi connectivity index (χ4v) is 2.23. The molecule has 19 heavy (non-hydrogen) atoms. The SMILES string of the molecule is Cc1cc(Cc2ccc(F)cc2)n2nc(C)cc2n1. The summed E-state index contributed by atoms with van der Waals surface area (Å²) in [6, 6.07) is 10.5. The van der Waals surface area contributed by atoms with Gasteiger partial charge in [0.1, 0.15) is 5.82 Å². The molecule has 1 aromatic carbocycles. The van der Waals surface area contributed by atoms with E-state index in [1.165, 1.54) is 12.1 Å². The standard InChI is InChI=1S/C15H14FN3/c1-10-7-14(9-12-3-5-13(16)6-4-12)19-15(17-10)8-11(2)18-19/h3-8H,9H2,1-2H3. The van der Waals surface area contributed by atoms with E-state index >= 15 is 0 Å². The van der Waals surface area contributed by atoms with Gasteiger partial charge in [-0.25, -0.2) is 13.9 Å². The van der Waals surface area contributed by atoms with Crippen molar-refractivity contribution in [3.05, 3.63) is 64.9 Å². The molecule has 0 saturated heterocycles. The normalized spacial score (nSPS) is 11.1. The average Bonchev–Trinajstić information content (AvgIpc) is 2.72. The molecule has 0 bridgehead atoms. The Bertz CT molecular complexity index is 729. The van der Waals surface area contributed by atoms with E-state index in [0.29, 0.717) is 6.42 Å². The minimum Gasteiger partial charge on any atom is -0.234 e. The van der Waals surface area contributed by atoms with E-state index in [-0.39, 0.29) is 5.82 Å². The Balaban J connectivity index is 2.06. The van der Waals surface area contributed by atoms with Gasteiger partial charge in [0, 0.05) is 18.2 Å². The minimum atomic E-state index is -0.213. The third kappa shape index (κ3) is 2.34. The third-order valence-electron chi connectivity index (χ3n) is 3.05. The van der Waals surface area contributed by atoms with Gasteiger partial charge in [-0.1, -0.05) is 12.1 Å². The first-order valence-corrected chi connectivity index (χ1v) is 6.19. The van der Waals surface area contributed by atoms with Crippen molar-refractivity contribution in [2.24, 2.45) is 0 Å². The molecule has 0 spiro atoms. The second kappa shape index (κ2) is 4.46. The second-order valence-electron chi connectivity index (χ2n) is 4.75. The Labute approximate surface area is 110 Å². The van der Waals surface area contributed by atoms with Crippen LogP contribution < -0.4 is 0 Å². The van der Waals surface area contributed by atoms with Crippen molar-refractivity contribution in [1.82, 2.24) is 14.6 Å². The highest BCUT2D eigenvalue weighted by atomic mass is 19.1. The molecule has 3 nitrogen and oxygen atoms in total. The molecule has 0 fully saturated rings. The molecule has 0 amide bonds. The van der Waals surface area contributed by atoms with Crippen LogP contribution in [0.15, 0.2) is 36.4 Å². The summed E-state index contributed by atoms with van der Waals surface area (Å²) in [6.45, 7) is 3.92. The van der Waals surface area contributed by atoms with Crippen LogP contribution >= 0.6 is 0 Å². The molecule has 4 heteroatoms. The lowest BCUT2D eigenvalue weighted by atomic mass is 10.1. The molecule has 2 heterocycles. The summed E-state index contributed by atoms with van der Waals surface area (Å²) in [5.41, 5.74) is 4.88. The van der Waals surface area contributed by atoms with Crippen molar-refractivity contribution in [2.45, 2.75) is 20.3 Å². The van der Waals surface area contributed by atoms with E-state index in [9.17, 15) is 4.39 Å². The van der Waals surface area contributed by atoms with Crippen molar-refractivity contribution in [3.63, 3.8) is 0 Å². The molecule has 0 aliphatic heterocycles. The maximum atomic E-state index is 12.9. The van der Waals surface area contributed by atoms with Gasteiger partial charge in [-0.05, 0) is 37.6 Å². The van der Waals surface area contributed by atoms with E-state index < -0.39 is 0 Å². The molecule has 96 valence electrons. The minimum absolute atomic E-state index is 0.213. The number of aryl methyl sites for hydroxylation is 2. The van der Waals surface area contributed by atoms with Crippen LogP contribution in [0.25, 0.3) is 5.65 Å². The summed E-state index contributed by atoms with van der Waals surface area (Å²) in [6.07, 6.45) is 0.710. The number of rotatable bonds is 2. The Kier molecular flexibility index (Phi) is 2.78. The summed E-state index contributed by atoms with van der Waals surface area (Å²) in [5, 5.41) is 4.45. The monoisotopic (exact) mass is 255 g/mol. The number of aromatic nitrogens is 3. The Morgan fingerprint density at radius 1 is 1.05 bits per heavy atom. The maximum Gasteiger partial charge on any atom is 0.155 e. The molecule has 0 N–H and O–H groups in total. The van der Waals surface area contributed by atoms with E-state index in [1.807, 2.05) is 30.5 Å². The van der Waals surface area contributed by atoms with Crippen molar-refractivity contribution in [1.29, 1.82) is 0 Å². The van der Waals surface area contributed by atoms with Gasteiger partial charge in [-0.3, -0.25) is 0 Å². The molecule has 3 rings (SSSR count). The fourth-order valence-electron chi connectivity index (χ4n) is 2.23. The van der Waals surface area contributed by atoms with Gasteiger partial charge in [-0.2, -0.15) is 5.10 Å². The first kappa shape index (κ1) is 11.8. The number of halogens is 1. The Morgan fingerprint density at radius 3 is 2.53 bits per heavy atom. The molecule has 0 aliphatic rings. The van der Waals surface area contributed by atoms with Crippen molar-refractivity contribution in [2.75, 3.05) is 0 Å². The second-order valence-corrected chi connectivity index (χ2v) is 4.75. The van der Waals surface area contributed by atoms with Crippen LogP contribution in [0.5, 0.6) is 0 Å². The van der Waals surface area contributed by atoms with E-state index in [0.717, 1.165) is 28.3 Å². The zero-order valence-corrected chi connectivity index (χ0v) is 10.9. The molecule has 3 aromatic rings. The molecule has 2 aromatic heterocycles. The molecule has 0 unspecified atom stereocenters. The van der Waals surface area contributed by atoms with Crippen LogP contribution in [0.3, 0.4) is 0 Å². The highest BCUT2D eigenvalue weighted by Crippen LogP contribution is 2.14. The summed E-state index contributed by atoms with van der Waals surface area (Å²) < 4.78 is 14.8. The average molecular weight is 255 g/mol. The predicted octanol–water partition coefficient (Wildman–Crippen LogP) is 3.08. The summed E-state index contributed by atoms with van der Waals surface area (Å²) >= 11 is 0. The third-order valence-corrected chi connectivity index (χ3v) is 3.05. The van der Waals surface area contributed by atoms with Gasteiger partial charge in [0.25, 0.3) is 0 Å². The Morgan fingerprint density at radius 2 is 1.79 bits per heavy atom. The predicted molar refractivity (Wildman–Crippen MR) is 71.7 cm³/mol. The number of hydrogen-bond acceptors (Lipinski definition) is 2. The molecule has 0 aliphatic carbocycles.